The van der Waals surface area contributed by atoms with E-state index < -0.39 is 0 Å². The van der Waals surface area contributed by atoms with Gasteiger partial charge in [0.2, 0.25) is 5.91 Å². The first-order chi connectivity index (χ1) is 10.7. The van der Waals surface area contributed by atoms with Crippen molar-refractivity contribution in [2.24, 2.45) is 0 Å². The van der Waals surface area contributed by atoms with Gasteiger partial charge in [-0.3, -0.25) is 4.79 Å². The Kier molecular flexibility index (Phi) is 3.19. The fourth-order valence-corrected chi connectivity index (χ4v) is 3.12. The van der Waals surface area contributed by atoms with Gasteiger partial charge in [-0.25, -0.2) is 0 Å². The van der Waals surface area contributed by atoms with Crippen LogP contribution in [0.1, 0.15) is 23.5 Å². The first kappa shape index (κ1) is 13.5. The summed E-state index contributed by atoms with van der Waals surface area (Å²) in [5.74, 6) is 1.42. The van der Waals surface area contributed by atoms with Crippen LogP contribution in [0.5, 0.6) is 11.5 Å². The van der Waals surface area contributed by atoms with Crippen molar-refractivity contribution in [2.45, 2.75) is 12.3 Å². The minimum absolute atomic E-state index is 0.00292. The average molecular weight is 316 g/mol. The number of fused-ring (bicyclic) bond motifs is 2. The summed E-state index contributed by atoms with van der Waals surface area (Å²) in [5.41, 5.74) is 2.91. The molecule has 2 aromatic carbocycles. The molecule has 1 amide bonds. The maximum absolute atomic E-state index is 12.0. The standard InChI is InChI=1S/C17H14ClNO3/c18-11-3-1-10(2-4-11)12-8-17(20)19-14-9-16-15(7-13(12)14)21-5-6-22-16/h1-4,7,9,12H,5-6,8H2,(H,19,20)/t12-/m1/s1. The van der Waals surface area contributed by atoms with Crippen molar-refractivity contribution in [3.8, 4) is 11.5 Å². The van der Waals surface area contributed by atoms with Crippen LogP contribution in [0, 0.1) is 0 Å². The monoisotopic (exact) mass is 315 g/mol. The predicted octanol–water partition coefficient (Wildman–Crippen LogP) is 3.59. The second-order valence-corrected chi connectivity index (χ2v) is 5.88. The molecule has 4 nitrogen and oxygen atoms in total. The van der Waals surface area contributed by atoms with E-state index in [0.717, 1.165) is 22.6 Å². The molecule has 4 rings (SSSR count). The molecule has 0 saturated heterocycles. The second-order valence-electron chi connectivity index (χ2n) is 5.44. The number of hydrogen-bond acceptors (Lipinski definition) is 3. The van der Waals surface area contributed by atoms with Crippen molar-refractivity contribution in [2.75, 3.05) is 18.5 Å². The van der Waals surface area contributed by atoms with Gasteiger partial charge in [-0.05, 0) is 29.3 Å². The van der Waals surface area contributed by atoms with Gasteiger partial charge < -0.3 is 14.8 Å². The van der Waals surface area contributed by atoms with Crippen LogP contribution < -0.4 is 14.8 Å². The molecular formula is C17H14ClNO3. The van der Waals surface area contributed by atoms with Crippen LogP contribution in [0.2, 0.25) is 5.02 Å². The number of carbonyl (C=O) groups excluding carboxylic acids is 1. The summed E-state index contributed by atoms with van der Waals surface area (Å²) in [6, 6.07) is 11.5. The highest BCUT2D eigenvalue weighted by atomic mass is 35.5. The largest absolute Gasteiger partial charge is 0.486 e. The minimum atomic E-state index is -0.00292. The topological polar surface area (TPSA) is 47.6 Å². The molecule has 1 atom stereocenters. The number of hydrogen-bond donors (Lipinski definition) is 1. The van der Waals surface area contributed by atoms with Gasteiger partial charge >= 0.3 is 0 Å². The zero-order valence-corrected chi connectivity index (χ0v) is 12.5. The minimum Gasteiger partial charge on any atom is -0.486 e. The van der Waals surface area contributed by atoms with Crippen LogP contribution in [0.3, 0.4) is 0 Å². The molecule has 1 N–H and O–H groups in total. The second kappa shape index (κ2) is 5.21. The molecule has 0 radical (unpaired) electrons. The summed E-state index contributed by atoms with van der Waals surface area (Å²) in [6.07, 6.45) is 0.411. The Morgan fingerprint density at radius 2 is 1.73 bits per heavy atom. The number of halogens is 1. The Labute approximate surface area is 133 Å². The van der Waals surface area contributed by atoms with Crippen molar-refractivity contribution in [1.29, 1.82) is 0 Å². The predicted molar refractivity (Wildman–Crippen MR) is 84.0 cm³/mol. The molecule has 22 heavy (non-hydrogen) atoms. The Balaban J connectivity index is 1.82. The molecule has 5 heteroatoms. The molecule has 0 aromatic heterocycles. The Morgan fingerprint density at radius 3 is 2.45 bits per heavy atom. The van der Waals surface area contributed by atoms with Crippen LogP contribution in [0.4, 0.5) is 5.69 Å². The fraction of sp³-hybridized carbons (Fsp3) is 0.235. The number of rotatable bonds is 1. The third kappa shape index (κ3) is 2.29. The highest BCUT2D eigenvalue weighted by Crippen LogP contribution is 2.44. The maximum Gasteiger partial charge on any atom is 0.225 e. The van der Waals surface area contributed by atoms with Gasteiger partial charge in [0.05, 0.1) is 0 Å². The number of anilines is 1. The number of nitrogens with one attached hydrogen (secondary N) is 1. The van der Waals surface area contributed by atoms with Crippen LogP contribution >= 0.6 is 11.6 Å². The first-order valence-corrected chi connectivity index (χ1v) is 7.57. The van der Waals surface area contributed by atoms with Gasteiger partial charge in [0, 0.05) is 29.1 Å². The van der Waals surface area contributed by atoms with Gasteiger partial charge in [-0.15, -0.1) is 0 Å². The lowest BCUT2D eigenvalue weighted by atomic mass is 9.84. The molecule has 2 aliphatic rings. The van der Waals surface area contributed by atoms with Crippen molar-refractivity contribution < 1.29 is 14.3 Å². The molecule has 0 aliphatic carbocycles. The molecule has 2 heterocycles. The summed E-state index contributed by atoms with van der Waals surface area (Å²) >= 11 is 5.96. The van der Waals surface area contributed by atoms with E-state index in [2.05, 4.69) is 5.32 Å². The third-order valence-electron chi connectivity index (χ3n) is 4.03. The Hall–Kier alpha value is -2.20. The van der Waals surface area contributed by atoms with Crippen molar-refractivity contribution in [3.05, 3.63) is 52.5 Å². The highest BCUT2D eigenvalue weighted by Gasteiger charge is 2.29. The van der Waals surface area contributed by atoms with Gasteiger partial charge in [0.1, 0.15) is 13.2 Å². The summed E-state index contributed by atoms with van der Waals surface area (Å²) < 4.78 is 11.2. The lowest BCUT2D eigenvalue weighted by Gasteiger charge is -2.29. The van der Waals surface area contributed by atoms with E-state index in [1.54, 1.807) is 0 Å². The SMILES string of the molecule is O=C1C[C@H](c2ccc(Cl)cc2)c2cc3c(cc2N1)OCCO3. The smallest absolute Gasteiger partial charge is 0.225 e. The van der Waals surface area contributed by atoms with Crippen molar-refractivity contribution in [3.63, 3.8) is 0 Å². The van der Waals surface area contributed by atoms with E-state index in [-0.39, 0.29) is 11.8 Å². The van der Waals surface area contributed by atoms with Gasteiger partial charge in [0.15, 0.2) is 11.5 Å². The molecule has 0 fully saturated rings. The summed E-state index contributed by atoms with van der Waals surface area (Å²) in [4.78, 5) is 12.0. The van der Waals surface area contributed by atoms with E-state index in [9.17, 15) is 4.79 Å². The molecule has 0 bridgehead atoms. The van der Waals surface area contributed by atoms with Gasteiger partial charge in [-0.1, -0.05) is 23.7 Å². The lowest BCUT2D eigenvalue weighted by Crippen LogP contribution is -2.24. The van der Waals surface area contributed by atoms with Crippen molar-refractivity contribution >= 4 is 23.2 Å². The Bertz CT molecular complexity index is 742. The zero-order valence-electron chi connectivity index (χ0n) is 11.8. The molecule has 0 saturated carbocycles. The number of ether oxygens (including phenoxy) is 2. The molecule has 0 spiro atoms. The van der Waals surface area contributed by atoms with E-state index in [1.165, 1.54) is 0 Å². The van der Waals surface area contributed by atoms with Crippen LogP contribution in [-0.4, -0.2) is 19.1 Å². The van der Waals surface area contributed by atoms with E-state index in [1.807, 2.05) is 36.4 Å². The van der Waals surface area contributed by atoms with Gasteiger partial charge in [-0.2, -0.15) is 0 Å². The number of carbonyl (C=O) groups is 1. The molecule has 2 aromatic rings. The zero-order chi connectivity index (χ0) is 15.1. The van der Waals surface area contributed by atoms with Crippen molar-refractivity contribution in [1.82, 2.24) is 0 Å². The third-order valence-corrected chi connectivity index (χ3v) is 4.28. The lowest BCUT2D eigenvalue weighted by molar-refractivity contribution is -0.116. The molecule has 0 unspecified atom stereocenters. The quantitative estimate of drug-likeness (QED) is 0.875. The molecular weight excluding hydrogens is 302 g/mol. The van der Waals surface area contributed by atoms with Gasteiger partial charge in [0.25, 0.3) is 0 Å². The number of benzene rings is 2. The maximum atomic E-state index is 12.0. The van der Waals surface area contributed by atoms with Crippen LogP contribution in [0.25, 0.3) is 0 Å². The van der Waals surface area contributed by atoms with E-state index >= 15 is 0 Å². The Morgan fingerprint density at radius 1 is 1.05 bits per heavy atom. The molecule has 112 valence electrons. The summed E-state index contributed by atoms with van der Waals surface area (Å²) in [6.45, 7) is 1.07. The van der Waals surface area contributed by atoms with E-state index in [4.69, 9.17) is 21.1 Å². The van der Waals surface area contributed by atoms with E-state index in [0.29, 0.717) is 30.4 Å². The normalized spacial score (nSPS) is 19.3. The molecule has 2 aliphatic heterocycles. The number of amides is 1. The fourth-order valence-electron chi connectivity index (χ4n) is 2.99. The summed E-state index contributed by atoms with van der Waals surface area (Å²) in [7, 11) is 0. The van der Waals surface area contributed by atoms with Crippen LogP contribution in [0.15, 0.2) is 36.4 Å². The van der Waals surface area contributed by atoms with Crippen LogP contribution in [-0.2, 0) is 4.79 Å². The highest BCUT2D eigenvalue weighted by molar-refractivity contribution is 6.30. The summed E-state index contributed by atoms with van der Waals surface area (Å²) in [5, 5.41) is 3.61. The first-order valence-electron chi connectivity index (χ1n) is 7.19. The average Bonchev–Trinajstić information content (AvgIpc) is 2.53.